The molecule has 0 aliphatic carbocycles. The highest BCUT2D eigenvalue weighted by Gasteiger charge is 2.12. The summed E-state index contributed by atoms with van der Waals surface area (Å²) in [5.74, 6) is 0.792. The van der Waals surface area contributed by atoms with E-state index in [9.17, 15) is 14.9 Å². The summed E-state index contributed by atoms with van der Waals surface area (Å²) >= 11 is 0. The molecule has 33 heavy (non-hydrogen) atoms. The van der Waals surface area contributed by atoms with Crippen molar-refractivity contribution in [2.75, 3.05) is 6.61 Å². The SMILES string of the molecule is CC(C)c1ccccc1OCC(=O)Oc1ccc(/C=C(\C#N)C(=O)NCc2ccco2)cc1. The third-order valence-electron chi connectivity index (χ3n) is 4.68. The summed E-state index contributed by atoms with van der Waals surface area (Å²) in [4.78, 5) is 24.4. The van der Waals surface area contributed by atoms with E-state index < -0.39 is 11.9 Å². The first-order valence-corrected chi connectivity index (χ1v) is 10.4. The zero-order chi connectivity index (χ0) is 23.6. The second-order valence-corrected chi connectivity index (χ2v) is 7.46. The molecule has 0 spiro atoms. The maximum absolute atomic E-state index is 12.2. The number of para-hydroxylation sites is 1. The molecular formula is C26H24N2O5. The Morgan fingerprint density at radius 3 is 2.52 bits per heavy atom. The fraction of sp³-hybridized carbons (Fsp3) is 0.192. The summed E-state index contributed by atoms with van der Waals surface area (Å²) < 4.78 is 16.1. The molecule has 1 amide bonds. The van der Waals surface area contributed by atoms with E-state index in [1.54, 1.807) is 36.4 Å². The average molecular weight is 444 g/mol. The highest BCUT2D eigenvalue weighted by atomic mass is 16.6. The Morgan fingerprint density at radius 2 is 1.85 bits per heavy atom. The third kappa shape index (κ3) is 6.84. The zero-order valence-electron chi connectivity index (χ0n) is 18.4. The summed E-state index contributed by atoms with van der Waals surface area (Å²) in [6.07, 6.45) is 2.96. The number of carbonyl (C=O) groups excluding carboxylic acids is 2. The first kappa shape index (κ1) is 23.4. The molecule has 3 aromatic rings. The van der Waals surface area contributed by atoms with Crippen molar-refractivity contribution in [1.29, 1.82) is 5.26 Å². The first-order valence-electron chi connectivity index (χ1n) is 10.4. The van der Waals surface area contributed by atoms with Gasteiger partial charge in [0.1, 0.15) is 28.9 Å². The summed E-state index contributed by atoms with van der Waals surface area (Å²) in [6, 6.07) is 19.4. The number of nitrogens with zero attached hydrogens (tertiary/aromatic N) is 1. The van der Waals surface area contributed by atoms with Crippen LogP contribution in [0.2, 0.25) is 0 Å². The van der Waals surface area contributed by atoms with Crippen LogP contribution >= 0.6 is 0 Å². The molecule has 1 heterocycles. The highest BCUT2D eigenvalue weighted by molar-refractivity contribution is 6.01. The number of nitrogens with one attached hydrogen (secondary N) is 1. The Balaban J connectivity index is 1.55. The van der Waals surface area contributed by atoms with Gasteiger partial charge in [-0.2, -0.15) is 5.26 Å². The molecule has 7 nitrogen and oxygen atoms in total. The molecule has 168 valence electrons. The summed E-state index contributed by atoms with van der Waals surface area (Å²) in [5, 5.41) is 11.9. The zero-order valence-corrected chi connectivity index (χ0v) is 18.4. The van der Waals surface area contributed by atoms with E-state index in [2.05, 4.69) is 19.2 Å². The van der Waals surface area contributed by atoms with E-state index >= 15 is 0 Å². The molecule has 0 saturated carbocycles. The minimum Gasteiger partial charge on any atom is -0.482 e. The topological polar surface area (TPSA) is 102 Å². The van der Waals surface area contributed by atoms with Gasteiger partial charge in [0.2, 0.25) is 0 Å². The van der Waals surface area contributed by atoms with Gasteiger partial charge in [0.25, 0.3) is 5.91 Å². The molecule has 0 bridgehead atoms. The number of esters is 1. The fourth-order valence-electron chi connectivity index (χ4n) is 3.01. The predicted molar refractivity (Wildman–Crippen MR) is 122 cm³/mol. The third-order valence-corrected chi connectivity index (χ3v) is 4.68. The number of carbonyl (C=O) groups is 2. The fourth-order valence-corrected chi connectivity index (χ4v) is 3.01. The molecule has 0 saturated heterocycles. The smallest absolute Gasteiger partial charge is 0.349 e. The van der Waals surface area contributed by atoms with Crippen molar-refractivity contribution in [3.8, 4) is 17.6 Å². The number of amides is 1. The number of benzene rings is 2. The van der Waals surface area contributed by atoms with E-state index in [1.165, 1.54) is 12.3 Å². The van der Waals surface area contributed by atoms with Crippen molar-refractivity contribution in [1.82, 2.24) is 5.32 Å². The monoisotopic (exact) mass is 444 g/mol. The second-order valence-electron chi connectivity index (χ2n) is 7.46. The van der Waals surface area contributed by atoms with Crippen LogP contribution in [-0.2, 0) is 16.1 Å². The molecule has 0 fully saturated rings. The largest absolute Gasteiger partial charge is 0.482 e. The molecule has 0 atom stereocenters. The Kier molecular flexibility index (Phi) is 8.03. The van der Waals surface area contributed by atoms with E-state index in [-0.39, 0.29) is 24.6 Å². The van der Waals surface area contributed by atoms with Crippen molar-refractivity contribution < 1.29 is 23.5 Å². The van der Waals surface area contributed by atoms with Crippen molar-refractivity contribution in [3.05, 3.63) is 89.4 Å². The Morgan fingerprint density at radius 1 is 1.09 bits per heavy atom. The number of hydrogen-bond acceptors (Lipinski definition) is 6. The van der Waals surface area contributed by atoms with Crippen LogP contribution in [0, 0.1) is 11.3 Å². The van der Waals surface area contributed by atoms with Crippen LogP contribution in [0.25, 0.3) is 6.08 Å². The van der Waals surface area contributed by atoms with Gasteiger partial charge in [-0.25, -0.2) is 4.79 Å². The van der Waals surface area contributed by atoms with E-state index in [0.717, 1.165) is 5.56 Å². The van der Waals surface area contributed by atoms with Crippen LogP contribution in [-0.4, -0.2) is 18.5 Å². The van der Waals surface area contributed by atoms with Crippen molar-refractivity contribution in [2.45, 2.75) is 26.3 Å². The Hall–Kier alpha value is -4.31. The number of ether oxygens (including phenoxy) is 2. The summed E-state index contributed by atoms with van der Waals surface area (Å²) in [7, 11) is 0. The average Bonchev–Trinajstić information content (AvgIpc) is 3.34. The van der Waals surface area contributed by atoms with Gasteiger partial charge in [-0.15, -0.1) is 0 Å². The lowest BCUT2D eigenvalue weighted by Gasteiger charge is -2.13. The Labute approximate surface area is 192 Å². The molecule has 1 N–H and O–H groups in total. The normalized spacial score (nSPS) is 11.0. The molecule has 3 rings (SSSR count). The Bertz CT molecular complexity index is 1160. The van der Waals surface area contributed by atoms with Gasteiger partial charge in [0.15, 0.2) is 6.61 Å². The van der Waals surface area contributed by atoms with Gasteiger partial charge >= 0.3 is 5.97 Å². The van der Waals surface area contributed by atoms with Crippen LogP contribution in [0.1, 0.15) is 36.7 Å². The van der Waals surface area contributed by atoms with Gasteiger partial charge < -0.3 is 19.2 Å². The summed E-state index contributed by atoms with van der Waals surface area (Å²) in [6.45, 7) is 4.07. The van der Waals surface area contributed by atoms with Gasteiger partial charge in [-0.1, -0.05) is 44.2 Å². The van der Waals surface area contributed by atoms with Crippen molar-refractivity contribution in [3.63, 3.8) is 0 Å². The maximum atomic E-state index is 12.2. The summed E-state index contributed by atoms with van der Waals surface area (Å²) in [5.41, 5.74) is 1.58. The number of hydrogen-bond donors (Lipinski definition) is 1. The van der Waals surface area contributed by atoms with Gasteiger partial charge in [0, 0.05) is 0 Å². The lowest BCUT2D eigenvalue weighted by molar-refractivity contribution is -0.136. The highest BCUT2D eigenvalue weighted by Crippen LogP contribution is 2.25. The molecule has 2 aromatic carbocycles. The predicted octanol–water partition coefficient (Wildman–Crippen LogP) is 4.61. The quantitative estimate of drug-likeness (QED) is 0.224. The van der Waals surface area contributed by atoms with Crippen LogP contribution in [0.15, 0.2) is 76.9 Å². The lowest BCUT2D eigenvalue weighted by Crippen LogP contribution is -2.23. The molecule has 0 aliphatic rings. The minimum atomic E-state index is -0.535. The maximum Gasteiger partial charge on any atom is 0.349 e. The molecular weight excluding hydrogens is 420 g/mol. The van der Waals surface area contributed by atoms with Crippen LogP contribution < -0.4 is 14.8 Å². The van der Waals surface area contributed by atoms with Crippen molar-refractivity contribution in [2.24, 2.45) is 0 Å². The van der Waals surface area contributed by atoms with Crippen LogP contribution in [0.5, 0.6) is 11.5 Å². The lowest BCUT2D eigenvalue weighted by atomic mass is 10.0. The van der Waals surface area contributed by atoms with E-state index in [0.29, 0.717) is 22.8 Å². The molecule has 0 aliphatic heterocycles. The second kappa shape index (κ2) is 11.3. The van der Waals surface area contributed by atoms with Gasteiger partial charge in [-0.05, 0) is 53.5 Å². The molecule has 1 aromatic heterocycles. The number of rotatable bonds is 9. The standard InChI is InChI=1S/C26H24N2O5/c1-18(2)23-7-3-4-8-24(23)32-17-25(29)33-21-11-9-19(10-12-21)14-20(15-27)26(30)28-16-22-6-5-13-31-22/h3-14,18H,16-17H2,1-2H3,(H,28,30)/b20-14+. The minimum absolute atomic E-state index is 0.0523. The number of nitriles is 1. The number of furan rings is 1. The van der Waals surface area contributed by atoms with Gasteiger partial charge in [-0.3, -0.25) is 4.79 Å². The van der Waals surface area contributed by atoms with Crippen LogP contribution in [0.4, 0.5) is 0 Å². The van der Waals surface area contributed by atoms with Gasteiger partial charge in [0.05, 0.1) is 12.8 Å². The van der Waals surface area contributed by atoms with Crippen molar-refractivity contribution >= 4 is 18.0 Å². The first-order chi connectivity index (χ1) is 16.0. The van der Waals surface area contributed by atoms with E-state index in [1.807, 2.05) is 30.3 Å². The van der Waals surface area contributed by atoms with Crippen LogP contribution in [0.3, 0.4) is 0 Å². The molecule has 0 unspecified atom stereocenters. The molecule has 0 radical (unpaired) electrons. The molecule has 7 heteroatoms. The van der Waals surface area contributed by atoms with E-state index in [4.69, 9.17) is 13.9 Å².